The van der Waals surface area contributed by atoms with Gasteiger partial charge < -0.3 is 10.4 Å². The van der Waals surface area contributed by atoms with E-state index in [-0.39, 0.29) is 23.4 Å². The van der Waals surface area contributed by atoms with Crippen molar-refractivity contribution in [3.05, 3.63) is 95.8 Å². The maximum absolute atomic E-state index is 13.9. The van der Waals surface area contributed by atoms with E-state index in [2.05, 4.69) is 12.2 Å². The van der Waals surface area contributed by atoms with Gasteiger partial charge in [0.05, 0.1) is 11.4 Å². The zero-order chi connectivity index (χ0) is 24.8. The summed E-state index contributed by atoms with van der Waals surface area (Å²) in [7, 11) is 0. The second-order valence-corrected chi connectivity index (χ2v) is 9.15. The van der Waals surface area contributed by atoms with Crippen molar-refractivity contribution in [1.29, 1.82) is 0 Å². The summed E-state index contributed by atoms with van der Waals surface area (Å²) in [5, 5.41) is 19.5. The Morgan fingerprint density at radius 3 is 2.40 bits per heavy atom. The molecule has 1 aliphatic heterocycles. The largest absolute Gasteiger partial charge is 0.508 e. The second kappa shape index (κ2) is 10.7. The zero-order valence-electron chi connectivity index (χ0n) is 20.2. The van der Waals surface area contributed by atoms with Crippen molar-refractivity contribution in [2.75, 3.05) is 11.6 Å². The van der Waals surface area contributed by atoms with E-state index in [9.17, 15) is 14.3 Å². The molecule has 0 fully saturated rings. The van der Waals surface area contributed by atoms with Gasteiger partial charge in [0.2, 0.25) is 5.91 Å². The molecule has 2 atom stereocenters. The molecule has 1 heterocycles. The van der Waals surface area contributed by atoms with E-state index < -0.39 is 5.54 Å². The molecule has 3 aromatic rings. The van der Waals surface area contributed by atoms with Crippen LogP contribution in [0.25, 0.3) is 0 Å². The summed E-state index contributed by atoms with van der Waals surface area (Å²) < 4.78 is 13.7. The van der Waals surface area contributed by atoms with Gasteiger partial charge in [-0.25, -0.2) is 9.40 Å². The van der Waals surface area contributed by atoms with Gasteiger partial charge in [0.1, 0.15) is 17.1 Å². The Labute approximate surface area is 206 Å². The first-order valence-electron chi connectivity index (χ1n) is 12.2. The van der Waals surface area contributed by atoms with Crippen molar-refractivity contribution in [1.82, 2.24) is 5.32 Å². The Balaban J connectivity index is 1.66. The van der Waals surface area contributed by atoms with Crippen molar-refractivity contribution in [3.8, 4) is 5.75 Å². The van der Waals surface area contributed by atoms with Crippen LogP contribution in [0.2, 0.25) is 0 Å². The van der Waals surface area contributed by atoms with Gasteiger partial charge in [0, 0.05) is 12.5 Å². The first-order chi connectivity index (χ1) is 16.9. The van der Waals surface area contributed by atoms with Gasteiger partial charge in [-0.1, -0.05) is 62.2 Å². The molecule has 0 bridgehead atoms. The highest BCUT2D eigenvalue weighted by Crippen LogP contribution is 2.41. The first kappa shape index (κ1) is 24.5. The van der Waals surface area contributed by atoms with Crippen LogP contribution >= 0.6 is 0 Å². The number of benzene rings is 3. The van der Waals surface area contributed by atoms with Crippen molar-refractivity contribution in [3.63, 3.8) is 0 Å². The molecular weight excluding hydrogens is 441 g/mol. The van der Waals surface area contributed by atoms with Gasteiger partial charge in [-0.3, -0.25) is 4.79 Å². The van der Waals surface area contributed by atoms with Crippen LogP contribution in [-0.4, -0.2) is 28.8 Å². The fourth-order valence-corrected chi connectivity index (χ4v) is 4.71. The minimum Gasteiger partial charge on any atom is -0.508 e. The maximum atomic E-state index is 13.9. The summed E-state index contributed by atoms with van der Waals surface area (Å²) in [6.45, 7) is 4.55. The Bertz CT molecular complexity index is 1160. The number of anilines is 1. The number of carbonyl (C=O) groups is 1. The molecule has 6 heteroatoms. The Morgan fingerprint density at radius 2 is 1.74 bits per heavy atom. The summed E-state index contributed by atoms with van der Waals surface area (Å²) in [6, 6.07) is 23.1. The van der Waals surface area contributed by atoms with Gasteiger partial charge >= 0.3 is 0 Å². The van der Waals surface area contributed by atoms with Crippen LogP contribution in [0.15, 0.2) is 84.0 Å². The molecule has 5 nitrogen and oxygen atoms in total. The van der Waals surface area contributed by atoms with Gasteiger partial charge in [0.25, 0.3) is 0 Å². The molecule has 3 aromatic carbocycles. The molecule has 2 N–H and O–H groups in total. The normalized spacial score (nSPS) is 19.5. The summed E-state index contributed by atoms with van der Waals surface area (Å²) in [5.74, 6) is -0.338. The minimum atomic E-state index is -0.949. The number of hydrogen-bond donors (Lipinski definition) is 2. The highest BCUT2D eigenvalue weighted by atomic mass is 19.1. The van der Waals surface area contributed by atoms with Gasteiger partial charge in [-0.05, 0) is 67.3 Å². The number of para-hydroxylation sites is 1. The SMILES string of the molecule is CCCCC1C(c2ccc(F)cc2)=NN(c2ccccc2)C1(C)C(=O)NCCc1ccc(O)cc1. The van der Waals surface area contributed by atoms with Crippen LogP contribution in [0.5, 0.6) is 5.75 Å². The summed E-state index contributed by atoms with van der Waals surface area (Å²) in [4.78, 5) is 13.9. The highest BCUT2D eigenvalue weighted by Gasteiger charge is 2.53. The number of nitrogens with zero attached hydrogens (tertiary/aromatic N) is 2. The topological polar surface area (TPSA) is 64.9 Å². The predicted molar refractivity (Wildman–Crippen MR) is 138 cm³/mol. The summed E-state index contributed by atoms with van der Waals surface area (Å²) in [5.41, 5.74) is 2.55. The standard InChI is InChI=1S/C29H32FN3O2/c1-3-4-10-26-27(22-13-15-23(30)16-14-22)32-33(24-8-6-5-7-9-24)29(26,2)28(35)31-20-19-21-11-17-25(34)18-12-21/h5-9,11-18,26,34H,3-4,10,19-20H2,1-2H3,(H,31,35). The van der Waals surface area contributed by atoms with E-state index in [1.165, 1.54) is 12.1 Å². The lowest BCUT2D eigenvalue weighted by Crippen LogP contribution is -2.58. The Morgan fingerprint density at radius 1 is 1.06 bits per heavy atom. The van der Waals surface area contributed by atoms with Crippen molar-refractivity contribution in [2.45, 2.75) is 45.1 Å². The van der Waals surface area contributed by atoms with E-state index in [0.29, 0.717) is 13.0 Å². The van der Waals surface area contributed by atoms with Crippen LogP contribution in [0.3, 0.4) is 0 Å². The molecule has 0 saturated heterocycles. The molecule has 1 aliphatic rings. The quantitative estimate of drug-likeness (QED) is 0.420. The fourth-order valence-electron chi connectivity index (χ4n) is 4.71. The third-order valence-electron chi connectivity index (χ3n) is 6.74. The Hall–Kier alpha value is -3.67. The highest BCUT2D eigenvalue weighted by molar-refractivity contribution is 6.10. The molecule has 0 radical (unpaired) electrons. The average molecular weight is 474 g/mol. The van der Waals surface area contributed by atoms with Crippen LogP contribution in [0, 0.1) is 11.7 Å². The number of aromatic hydroxyl groups is 1. The number of phenolic OH excluding ortho intramolecular Hbond substituents is 1. The number of nitrogens with one attached hydrogen (secondary N) is 1. The van der Waals surface area contributed by atoms with Crippen LogP contribution in [-0.2, 0) is 11.2 Å². The van der Waals surface area contributed by atoms with Crippen LogP contribution < -0.4 is 10.3 Å². The molecule has 0 aliphatic carbocycles. The van der Waals surface area contributed by atoms with Gasteiger partial charge in [-0.15, -0.1) is 0 Å². The monoisotopic (exact) mass is 473 g/mol. The summed E-state index contributed by atoms with van der Waals surface area (Å²) >= 11 is 0. The van der Waals surface area contributed by atoms with Crippen molar-refractivity contribution < 1.29 is 14.3 Å². The smallest absolute Gasteiger partial charge is 0.248 e. The average Bonchev–Trinajstić information content (AvgIpc) is 3.18. The third-order valence-corrected chi connectivity index (χ3v) is 6.74. The van der Waals surface area contributed by atoms with E-state index in [0.717, 1.165) is 41.8 Å². The fraction of sp³-hybridized carbons (Fsp3) is 0.310. The molecule has 0 aromatic heterocycles. The van der Waals surface area contributed by atoms with E-state index in [1.54, 1.807) is 24.3 Å². The second-order valence-electron chi connectivity index (χ2n) is 9.15. The number of phenols is 1. The van der Waals surface area contributed by atoms with E-state index in [1.807, 2.05) is 54.4 Å². The third kappa shape index (κ3) is 5.21. The van der Waals surface area contributed by atoms with Gasteiger partial charge in [0.15, 0.2) is 0 Å². The molecular formula is C29H32FN3O2. The number of amides is 1. The number of halogens is 1. The van der Waals surface area contributed by atoms with Crippen LogP contribution in [0.4, 0.5) is 10.1 Å². The molecule has 182 valence electrons. The molecule has 2 unspecified atom stereocenters. The zero-order valence-corrected chi connectivity index (χ0v) is 20.2. The lowest BCUT2D eigenvalue weighted by atomic mass is 9.77. The number of hydrazone groups is 1. The minimum absolute atomic E-state index is 0.0953. The number of unbranched alkanes of at least 4 members (excludes halogenated alkanes) is 1. The molecule has 0 spiro atoms. The van der Waals surface area contributed by atoms with Gasteiger partial charge in [-0.2, -0.15) is 5.10 Å². The Kier molecular flexibility index (Phi) is 7.49. The lowest BCUT2D eigenvalue weighted by Gasteiger charge is -2.37. The molecule has 35 heavy (non-hydrogen) atoms. The number of rotatable bonds is 9. The predicted octanol–water partition coefficient (Wildman–Crippen LogP) is 5.68. The maximum Gasteiger partial charge on any atom is 0.248 e. The van der Waals surface area contributed by atoms with E-state index in [4.69, 9.17) is 5.10 Å². The van der Waals surface area contributed by atoms with Crippen LogP contribution in [0.1, 0.15) is 44.2 Å². The molecule has 0 saturated carbocycles. The number of carbonyl (C=O) groups excluding carboxylic acids is 1. The summed E-state index contributed by atoms with van der Waals surface area (Å²) in [6.07, 6.45) is 3.39. The molecule has 4 rings (SSSR count). The van der Waals surface area contributed by atoms with Crippen molar-refractivity contribution in [2.24, 2.45) is 11.0 Å². The lowest BCUT2D eigenvalue weighted by molar-refractivity contribution is -0.126. The van der Waals surface area contributed by atoms with E-state index >= 15 is 0 Å². The number of hydrogen-bond acceptors (Lipinski definition) is 4. The first-order valence-corrected chi connectivity index (χ1v) is 12.2. The molecule has 1 amide bonds. The van der Waals surface area contributed by atoms with Crippen molar-refractivity contribution >= 4 is 17.3 Å².